The molecule has 1 aliphatic carbocycles. The summed E-state index contributed by atoms with van der Waals surface area (Å²) in [6, 6.07) is 11.0. The molecule has 0 bridgehead atoms. The van der Waals surface area contributed by atoms with Gasteiger partial charge >= 0.3 is 0 Å². The van der Waals surface area contributed by atoms with Crippen LogP contribution in [-0.4, -0.2) is 23.3 Å². The monoisotopic (exact) mass is 335 g/mol. The highest BCUT2D eigenvalue weighted by atomic mass is 16.2. The van der Waals surface area contributed by atoms with Gasteiger partial charge in [-0.25, -0.2) is 0 Å². The van der Waals surface area contributed by atoms with Gasteiger partial charge in [-0.3, -0.25) is 19.5 Å². The average Bonchev–Trinajstić information content (AvgIpc) is 3.39. The van der Waals surface area contributed by atoms with Crippen molar-refractivity contribution in [2.45, 2.75) is 32.2 Å². The Balaban J connectivity index is 1.63. The number of hydrogen-bond acceptors (Lipinski definition) is 3. The summed E-state index contributed by atoms with van der Waals surface area (Å²) >= 11 is 0. The molecule has 1 saturated carbocycles. The zero-order valence-corrected chi connectivity index (χ0v) is 14.2. The van der Waals surface area contributed by atoms with Crippen LogP contribution in [0.4, 0.5) is 5.69 Å². The van der Waals surface area contributed by atoms with Crippen molar-refractivity contribution in [1.29, 1.82) is 0 Å². The Morgan fingerprint density at radius 3 is 2.88 bits per heavy atom. The van der Waals surface area contributed by atoms with Crippen molar-refractivity contribution < 1.29 is 9.59 Å². The van der Waals surface area contributed by atoms with E-state index in [4.69, 9.17) is 0 Å². The second-order valence-electron chi connectivity index (χ2n) is 6.92. The van der Waals surface area contributed by atoms with Gasteiger partial charge in [-0.15, -0.1) is 0 Å². The van der Waals surface area contributed by atoms with Crippen LogP contribution in [0, 0.1) is 12.8 Å². The number of pyridine rings is 1. The van der Waals surface area contributed by atoms with Crippen molar-refractivity contribution in [3.8, 4) is 0 Å². The molecule has 1 fully saturated rings. The molecule has 5 nitrogen and oxygen atoms in total. The molecule has 1 aromatic carbocycles. The van der Waals surface area contributed by atoms with Crippen LogP contribution in [-0.2, 0) is 4.79 Å². The fourth-order valence-corrected chi connectivity index (χ4v) is 3.35. The first kappa shape index (κ1) is 15.8. The van der Waals surface area contributed by atoms with Crippen LogP contribution in [0.25, 0.3) is 0 Å². The lowest BCUT2D eigenvalue weighted by atomic mass is 10.1. The summed E-state index contributed by atoms with van der Waals surface area (Å²) in [5.41, 5.74) is 3.16. The minimum absolute atomic E-state index is 0.0270. The van der Waals surface area contributed by atoms with E-state index in [1.54, 1.807) is 23.2 Å². The fraction of sp³-hybridized carbons (Fsp3) is 0.350. The average molecular weight is 335 g/mol. The summed E-state index contributed by atoms with van der Waals surface area (Å²) in [6.07, 6.45) is 4.31. The number of aryl methyl sites for hydroxylation is 1. The number of nitrogens with one attached hydrogen (secondary N) is 1. The third-order valence-corrected chi connectivity index (χ3v) is 4.86. The molecule has 1 atom stereocenters. The number of carbonyl (C=O) groups is 2. The summed E-state index contributed by atoms with van der Waals surface area (Å²) in [6.45, 7) is 2.73. The highest BCUT2D eigenvalue weighted by molar-refractivity contribution is 6.11. The maximum absolute atomic E-state index is 12.9. The summed E-state index contributed by atoms with van der Waals surface area (Å²) in [7, 11) is 0. The Kier molecular flexibility index (Phi) is 3.99. The zero-order chi connectivity index (χ0) is 17.4. The van der Waals surface area contributed by atoms with Crippen LogP contribution in [0.3, 0.4) is 0 Å². The summed E-state index contributed by atoms with van der Waals surface area (Å²) in [5, 5.41) is 3.00. The van der Waals surface area contributed by atoms with Crippen molar-refractivity contribution in [2.24, 2.45) is 5.92 Å². The summed E-state index contributed by atoms with van der Waals surface area (Å²) < 4.78 is 0. The third-order valence-electron chi connectivity index (χ3n) is 4.86. The van der Waals surface area contributed by atoms with E-state index in [0.717, 1.165) is 17.8 Å². The topological polar surface area (TPSA) is 62.3 Å². The molecule has 1 unspecified atom stereocenters. The predicted octanol–water partition coefficient (Wildman–Crippen LogP) is 3.01. The maximum Gasteiger partial charge on any atom is 0.260 e. The van der Waals surface area contributed by atoms with E-state index in [1.807, 2.05) is 31.2 Å². The minimum atomic E-state index is -0.357. The van der Waals surface area contributed by atoms with Gasteiger partial charge in [0, 0.05) is 18.4 Å². The molecule has 25 heavy (non-hydrogen) atoms. The van der Waals surface area contributed by atoms with Crippen LogP contribution in [0.2, 0.25) is 0 Å². The second kappa shape index (κ2) is 6.31. The highest BCUT2D eigenvalue weighted by Crippen LogP contribution is 2.38. The smallest absolute Gasteiger partial charge is 0.260 e. The van der Waals surface area contributed by atoms with Crippen molar-refractivity contribution in [2.75, 3.05) is 11.4 Å². The molecule has 2 aliphatic rings. The SMILES string of the molecule is Cc1cccc(N2C(=O)c3cccnc3C2CC(=O)NCC2CC2)c1. The number of carbonyl (C=O) groups excluding carboxylic acids is 2. The molecule has 2 heterocycles. The number of fused-ring (bicyclic) bond motifs is 1. The van der Waals surface area contributed by atoms with Gasteiger partial charge in [0.05, 0.1) is 23.7 Å². The van der Waals surface area contributed by atoms with Gasteiger partial charge in [0.25, 0.3) is 5.91 Å². The van der Waals surface area contributed by atoms with Crippen LogP contribution in [0.5, 0.6) is 0 Å². The van der Waals surface area contributed by atoms with E-state index in [9.17, 15) is 9.59 Å². The third kappa shape index (κ3) is 3.14. The van der Waals surface area contributed by atoms with Crippen molar-refractivity contribution in [3.63, 3.8) is 0 Å². The number of amides is 2. The number of aromatic nitrogens is 1. The first-order chi connectivity index (χ1) is 12.1. The van der Waals surface area contributed by atoms with Gasteiger partial charge in [-0.2, -0.15) is 0 Å². The largest absolute Gasteiger partial charge is 0.356 e. The molecule has 0 saturated heterocycles. The Morgan fingerprint density at radius 2 is 2.12 bits per heavy atom. The molecular formula is C20H21N3O2. The van der Waals surface area contributed by atoms with Gasteiger partial charge in [-0.05, 0) is 55.5 Å². The quantitative estimate of drug-likeness (QED) is 0.913. The van der Waals surface area contributed by atoms with Crippen molar-refractivity contribution >= 4 is 17.5 Å². The summed E-state index contributed by atoms with van der Waals surface area (Å²) in [5.74, 6) is 0.516. The molecule has 1 N–H and O–H groups in total. The fourth-order valence-electron chi connectivity index (χ4n) is 3.35. The lowest BCUT2D eigenvalue weighted by molar-refractivity contribution is -0.121. The Morgan fingerprint density at radius 1 is 1.28 bits per heavy atom. The molecule has 5 heteroatoms. The highest BCUT2D eigenvalue weighted by Gasteiger charge is 2.40. The van der Waals surface area contributed by atoms with Crippen molar-refractivity contribution in [1.82, 2.24) is 10.3 Å². The Bertz CT molecular complexity index is 829. The van der Waals surface area contributed by atoms with Gasteiger partial charge in [-0.1, -0.05) is 12.1 Å². The minimum Gasteiger partial charge on any atom is -0.356 e. The molecule has 2 aromatic rings. The van der Waals surface area contributed by atoms with Gasteiger partial charge < -0.3 is 5.32 Å². The van der Waals surface area contributed by atoms with E-state index in [1.165, 1.54) is 12.8 Å². The molecule has 0 spiro atoms. The van der Waals surface area contributed by atoms with Crippen LogP contribution in [0.1, 0.15) is 46.9 Å². The maximum atomic E-state index is 12.9. The zero-order valence-electron chi connectivity index (χ0n) is 14.2. The predicted molar refractivity (Wildman–Crippen MR) is 95.3 cm³/mol. The van der Waals surface area contributed by atoms with Gasteiger partial charge in [0.15, 0.2) is 0 Å². The first-order valence-corrected chi connectivity index (χ1v) is 8.75. The molecule has 1 aromatic heterocycles. The molecule has 0 radical (unpaired) electrons. The van der Waals surface area contributed by atoms with Crippen LogP contribution < -0.4 is 10.2 Å². The van der Waals surface area contributed by atoms with Gasteiger partial charge in [0.1, 0.15) is 0 Å². The number of hydrogen-bond donors (Lipinski definition) is 1. The molecule has 128 valence electrons. The van der Waals surface area contributed by atoms with Crippen LogP contribution >= 0.6 is 0 Å². The Labute approximate surface area is 147 Å². The van der Waals surface area contributed by atoms with E-state index in [2.05, 4.69) is 10.3 Å². The van der Waals surface area contributed by atoms with E-state index < -0.39 is 0 Å². The molecular weight excluding hydrogens is 314 g/mol. The lowest BCUT2D eigenvalue weighted by Crippen LogP contribution is -2.33. The normalized spacial score (nSPS) is 19.0. The first-order valence-electron chi connectivity index (χ1n) is 8.75. The van der Waals surface area contributed by atoms with E-state index >= 15 is 0 Å². The van der Waals surface area contributed by atoms with E-state index in [0.29, 0.717) is 17.2 Å². The van der Waals surface area contributed by atoms with Crippen molar-refractivity contribution in [3.05, 3.63) is 59.4 Å². The van der Waals surface area contributed by atoms with Crippen LogP contribution in [0.15, 0.2) is 42.6 Å². The molecule has 1 aliphatic heterocycles. The molecule has 4 rings (SSSR count). The number of benzene rings is 1. The summed E-state index contributed by atoms with van der Waals surface area (Å²) in [4.78, 5) is 31.5. The van der Waals surface area contributed by atoms with Gasteiger partial charge in [0.2, 0.25) is 5.91 Å². The Hall–Kier alpha value is -2.69. The standard InChI is InChI=1S/C20H21N3O2/c1-13-4-2-5-15(10-13)23-17(11-18(24)22-12-14-7-8-14)19-16(20(23)25)6-3-9-21-19/h2-6,9-10,14,17H,7-8,11-12H2,1H3,(H,22,24). The van der Waals surface area contributed by atoms with E-state index in [-0.39, 0.29) is 24.3 Å². The number of nitrogens with zero attached hydrogens (tertiary/aromatic N) is 2. The number of anilines is 1. The second-order valence-corrected chi connectivity index (χ2v) is 6.92. The molecule has 2 amide bonds. The lowest BCUT2D eigenvalue weighted by Gasteiger charge is -2.25. The number of rotatable bonds is 5.